The van der Waals surface area contributed by atoms with Gasteiger partial charge in [0.1, 0.15) is 6.10 Å². The summed E-state index contributed by atoms with van der Waals surface area (Å²) < 4.78 is 89.0. The van der Waals surface area contributed by atoms with Crippen molar-refractivity contribution in [1.82, 2.24) is 0 Å². The molecule has 1 aliphatic heterocycles. The van der Waals surface area contributed by atoms with Gasteiger partial charge in [0.05, 0.1) is 13.2 Å². The van der Waals surface area contributed by atoms with Crippen LogP contribution in [0.2, 0.25) is 0 Å². The molecule has 1 spiro atoms. The molecule has 1 saturated heterocycles. The summed E-state index contributed by atoms with van der Waals surface area (Å²) in [6.07, 6.45) is -1.29. The largest absolute Gasteiger partial charge is 0.534 e. The molecule has 8 nitrogen and oxygen atoms in total. The molecule has 1 fully saturated rings. The van der Waals surface area contributed by atoms with E-state index in [1.54, 1.807) is 13.0 Å². The van der Waals surface area contributed by atoms with Crippen molar-refractivity contribution in [3.8, 4) is 17.6 Å². The molecular weight excluding hydrogens is 469 g/mol. The van der Waals surface area contributed by atoms with E-state index in [0.29, 0.717) is 25.2 Å². The second kappa shape index (κ2) is 9.77. The molecule has 0 aromatic heterocycles. The molecule has 1 N–H and O–H groups in total. The molecule has 184 valence electrons. The SMILES string of the molecule is COC(CC(O)C#CC(C)c1ccc2c(c1OS(=O)(=O)C(F)(F)F)CCC21OCCO1)OC. The van der Waals surface area contributed by atoms with E-state index in [-0.39, 0.29) is 24.0 Å². The highest BCUT2D eigenvalue weighted by Gasteiger charge is 2.51. The van der Waals surface area contributed by atoms with Crippen LogP contribution in [-0.2, 0) is 41.3 Å². The average Bonchev–Trinajstić information content (AvgIpc) is 3.37. The molecule has 2 unspecified atom stereocenters. The van der Waals surface area contributed by atoms with Gasteiger partial charge in [0.25, 0.3) is 0 Å². The third kappa shape index (κ3) is 5.29. The molecule has 0 bridgehead atoms. The lowest BCUT2D eigenvalue weighted by molar-refractivity contribution is -0.163. The Morgan fingerprint density at radius 2 is 1.82 bits per heavy atom. The van der Waals surface area contributed by atoms with Gasteiger partial charge >= 0.3 is 15.6 Å². The summed E-state index contributed by atoms with van der Waals surface area (Å²) in [6, 6.07) is 3.06. The average molecular weight is 494 g/mol. The maximum Gasteiger partial charge on any atom is 0.534 e. The van der Waals surface area contributed by atoms with Crippen molar-refractivity contribution in [3.63, 3.8) is 0 Å². The van der Waals surface area contributed by atoms with Crippen molar-refractivity contribution in [1.29, 1.82) is 0 Å². The van der Waals surface area contributed by atoms with Gasteiger partial charge in [-0.1, -0.05) is 24.0 Å². The van der Waals surface area contributed by atoms with Crippen molar-refractivity contribution in [3.05, 3.63) is 28.8 Å². The Balaban J connectivity index is 1.99. The fraction of sp³-hybridized carbons (Fsp3) is 0.619. The summed E-state index contributed by atoms with van der Waals surface area (Å²) in [7, 11) is -3.13. The Hall–Kier alpha value is -1.88. The standard InChI is InChI=1S/C21H25F3O8S/c1-13(4-5-14(25)12-18(28-2)29-3)15-6-7-17-16(8-9-20(17)30-10-11-31-20)19(15)32-33(26,27)21(22,23)24/h6-7,13-14,18,25H,8-12H2,1-3H3. The number of fused-ring (bicyclic) bond motifs is 2. The van der Waals surface area contributed by atoms with Crippen molar-refractivity contribution in [2.45, 2.75) is 55.8 Å². The molecule has 1 heterocycles. The van der Waals surface area contributed by atoms with Crippen LogP contribution in [0.3, 0.4) is 0 Å². The van der Waals surface area contributed by atoms with E-state index in [1.165, 1.54) is 20.3 Å². The Morgan fingerprint density at radius 1 is 1.18 bits per heavy atom. The quantitative estimate of drug-likeness (QED) is 0.267. The number of methoxy groups -OCH3 is 2. The third-order valence-electron chi connectivity index (χ3n) is 5.51. The van der Waals surface area contributed by atoms with Gasteiger partial charge in [-0.25, -0.2) is 0 Å². The molecule has 3 rings (SSSR count). The normalized spacial score (nSPS) is 19.3. The lowest BCUT2D eigenvalue weighted by atomic mass is 9.94. The molecular formula is C21H25F3O8S. The fourth-order valence-electron chi connectivity index (χ4n) is 3.85. The van der Waals surface area contributed by atoms with Gasteiger partial charge in [0.15, 0.2) is 17.8 Å². The van der Waals surface area contributed by atoms with Crippen molar-refractivity contribution >= 4 is 10.1 Å². The van der Waals surface area contributed by atoms with Crippen molar-refractivity contribution < 1.29 is 49.8 Å². The van der Waals surface area contributed by atoms with Gasteiger partial charge in [0, 0.05) is 49.7 Å². The summed E-state index contributed by atoms with van der Waals surface area (Å²) in [5, 5.41) is 10.1. The molecule has 12 heteroatoms. The summed E-state index contributed by atoms with van der Waals surface area (Å²) in [6.45, 7) is 2.18. The first-order valence-electron chi connectivity index (χ1n) is 10.1. The van der Waals surface area contributed by atoms with Crippen LogP contribution in [0.1, 0.15) is 42.4 Å². The minimum absolute atomic E-state index is 0.0416. The number of halogens is 3. The van der Waals surface area contributed by atoms with E-state index >= 15 is 0 Å². The van der Waals surface area contributed by atoms with Crippen LogP contribution in [0, 0.1) is 11.8 Å². The molecule has 1 aromatic rings. The summed E-state index contributed by atoms with van der Waals surface area (Å²) in [5.74, 6) is 2.98. The lowest BCUT2D eigenvalue weighted by Crippen LogP contribution is -2.29. The number of aliphatic hydroxyl groups is 1. The molecule has 0 amide bonds. The minimum atomic E-state index is -5.93. The molecule has 1 aliphatic carbocycles. The van der Waals surface area contributed by atoms with Gasteiger partial charge in [0.2, 0.25) is 0 Å². The number of alkyl halides is 3. The van der Waals surface area contributed by atoms with E-state index in [1.807, 2.05) is 0 Å². The molecule has 2 atom stereocenters. The number of hydrogen-bond acceptors (Lipinski definition) is 8. The predicted molar refractivity (Wildman–Crippen MR) is 109 cm³/mol. The van der Waals surface area contributed by atoms with Crippen molar-refractivity contribution in [2.24, 2.45) is 0 Å². The van der Waals surface area contributed by atoms with Crippen LogP contribution in [0.15, 0.2) is 12.1 Å². The first-order chi connectivity index (χ1) is 15.4. The maximum atomic E-state index is 13.1. The number of ether oxygens (including phenoxy) is 4. The Kier molecular flexibility index (Phi) is 7.62. The van der Waals surface area contributed by atoms with Crippen LogP contribution < -0.4 is 4.18 Å². The van der Waals surface area contributed by atoms with Crippen LogP contribution in [0.5, 0.6) is 5.75 Å². The molecule has 0 radical (unpaired) electrons. The monoisotopic (exact) mass is 494 g/mol. The predicted octanol–water partition coefficient (Wildman–Crippen LogP) is 2.54. The Morgan fingerprint density at radius 3 is 2.39 bits per heavy atom. The summed E-state index contributed by atoms with van der Waals surface area (Å²) in [4.78, 5) is 0. The highest BCUT2D eigenvalue weighted by atomic mass is 32.2. The smallest absolute Gasteiger partial charge is 0.380 e. The second-order valence-corrected chi connectivity index (χ2v) is 9.14. The van der Waals surface area contributed by atoms with Gasteiger partial charge < -0.3 is 28.2 Å². The minimum Gasteiger partial charge on any atom is -0.380 e. The Bertz CT molecular complexity index is 1020. The molecule has 0 saturated carbocycles. The Labute approximate surface area is 190 Å². The van der Waals surface area contributed by atoms with E-state index in [9.17, 15) is 26.7 Å². The third-order valence-corrected chi connectivity index (χ3v) is 6.46. The summed E-state index contributed by atoms with van der Waals surface area (Å²) >= 11 is 0. The summed E-state index contributed by atoms with van der Waals surface area (Å²) in [5.41, 5.74) is -4.79. The zero-order chi connectivity index (χ0) is 24.4. The van der Waals surface area contributed by atoms with Gasteiger partial charge in [-0.15, -0.1) is 0 Å². The van der Waals surface area contributed by atoms with Crippen LogP contribution in [0.25, 0.3) is 0 Å². The topological polar surface area (TPSA) is 101 Å². The number of rotatable bonds is 7. The first-order valence-corrected chi connectivity index (χ1v) is 11.5. The van der Waals surface area contributed by atoms with E-state index in [4.69, 9.17) is 18.9 Å². The van der Waals surface area contributed by atoms with E-state index < -0.39 is 45.5 Å². The lowest BCUT2D eigenvalue weighted by Gasteiger charge is -2.24. The van der Waals surface area contributed by atoms with Crippen LogP contribution in [0.4, 0.5) is 13.2 Å². The molecule has 1 aromatic carbocycles. The van der Waals surface area contributed by atoms with Gasteiger partial charge in [-0.05, 0) is 13.3 Å². The van der Waals surface area contributed by atoms with Crippen LogP contribution >= 0.6 is 0 Å². The van der Waals surface area contributed by atoms with Crippen molar-refractivity contribution in [2.75, 3.05) is 27.4 Å². The fourth-order valence-corrected chi connectivity index (χ4v) is 4.37. The number of benzene rings is 1. The van der Waals surface area contributed by atoms with E-state index in [0.717, 1.165) is 0 Å². The highest BCUT2D eigenvalue weighted by molar-refractivity contribution is 7.88. The number of hydrogen-bond donors (Lipinski definition) is 1. The zero-order valence-corrected chi connectivity index (χ0v) is 19.1. The molecule has 33 heavy (non-hydrogen) atoms. The number of aliphatic hydroxyl groups excluding tert-OH is 1. The second-order valence-electron chi connectivity index (χ2n) is 7.61. The maximum absolute atomic E-state index is 13.1. The first kappa shape index (κ1) is 25.7. The van der Waals surface area contributed by atoms with Gasteiger partial charge in [-0.2, -0.15) is 21.6 Å². The van der Waals surface area contributed by atoms with Gasteiger partial charge in [-0.3, -0.25) is 0 Å². The van der Waals surface area contributed by atoms with Crippen LogP contribution in [-0.4, -0.2) is 58.9 Å². The highest BCUT2D eigenvalue weighted by Crippen LogP contribution is 2.49. The zero-order valence-electron chi connectivity index (χ0n) is 18.3. The van der Waals surface area contributed by atoms with E-state index in [2.05, 4.69) is 16.0 Å². The molecule has 2 aliphatic rings.